The first kappa shape index (κ1) is 16.4. The minimum atomic E-state index is 0.285. The fourth-order valence-corrected chi connectivity index (χ4v) is 3.11. The van der Waals surface area contributed by atoms with Crippen LogP contribution < -0.4 is 0 Å². The van der Waals surface area contributed by atoms with E-state index in [4.69, 9.17) is 11.6 Å². The summed E-state index contributed by atoms with van der Waals surface area (Å²) in [5, 5.41) is 0. The Labute approximate surface area is 133 Å². The van der Waals surface area contributed by atoms with Crippen molar-refractivity contribution >= 4 is 17.5 Å². The van der Waals surface area contributed by atoms with E-state index in [1.54, 1.807) is 0 Å². The van der Waals surface area contributed by atoms with Crippen LogP contribution in [0.5, 0.6) is 0 Å². The van der Waals surface area contributed by atoms with E-state index in [2.05, 4.69) is 31.2 Å². The minimum absolute atomic E-state index is 0.285. The van der Waals surface area contributed by atoms with E-state index in [9.17, 15) is 4.79 Å². The molecule has 0 spiro atoms. The molecule has 21 heavy (non-hydrogen) atoms. The smallest absolute Gasteiger partial charge is 0.222 e. The van der Waals surface area contributed by atoms with E-state index in [-0.39, 0.29) is 5.91 Å². The van der Waals surface area contributed by atoms with Gasteiger partial charge in [0.2, 0.25) is 5.91 Å². The van der Waals surface area contributed by atoms with E-state index in [1.165, 1.54) is 17.5 Å². The van der Waals surface area contributed by atoms with Gasteiger partial charge >= 0.3 is 0 Å². The Morgan fingerprint density at radius 3 is 2.52 bits per heavy atom. The zero-order chi connectivity index (χ0) is 15.1. The number of nitrogens with zero attached hydrogens (tertiary/aromatic N) is 1. The number of hydrogen-bond donors (Lipinski definition) is 0. The Bertz CT molecular complexity index is 435. The Kier molecular flexibility index (Phi) is 6.56. The molecule has 2 rings (SSSR count). The number of alkyl halides is 1. The molecule has 1 saturated heterocycles. The van der Waals surface area contributed by atoms with Gasteiger partial charge in [-0.1, -0.05) is 29.8 Å². The molecule has 0 N–H and O–H groups in total. The fourth-order valence-electron chi connectivity index (χ4n) is 2.97. The van der Waals surface area contributed by atoms with Crippen LogP contribution in [0.3, 0.4) is 0 Å². The molecule has 1 amide bonds. The number of carbonyl (C=O) groups excluding carboxylic acids is 1. The van der Waals surface area contributed by atoms with Crippen LogP contribution in [0.25, 0.3) is 0 Å². The highest BCUT2D eigenvalue weighted by molar-refractivity contribution is 6.17. The summed E-state index contributed by atoms with van der Waals surface area (Å²) >= 11 is 5.65. The molecule has 1 heterocycles. The van der Waals surface area contributed by atoms with Crippen LogP contribution in [0.15, 0.2) is 24.3 Å². The molecule has 0 bridgehead atoms. The second-order valence-electron chi connectivity index (χ2n) is 6.14. The standard InChI is InChI=1S/C18H26ClNO/c1-15-4-6-16(7-5-15)8-9-17-10-13-20(14-11-17)18(21)3-2-12-19/h4-7,17H,2-3,8-14H2,1H3. The van der Waals surface area contributed by atoms with Crippen molar-refractivity contribution in [2.75, 3.05) is 19.0 Å². The van der Waals surface area contributed by atoms with Crippen LogP contribution in [0, 0.1) is 12.8 Å². The van der Waals surface area contributed by atoms with Gasteiger partial charge in [-0.05, 0) is 50.5 Å². The summed E-state index contributed by atoms with van der Waals surface area (Å²) in [5.74, 6) is 1.63. The van der Waals surface area contributed by atoms with Crippen LogP contribution in [0.2, 0.25) is 0 Å². The maximum absolute atomic E-state index is 11.9. The normalized spacial score (nSPS) is 16.2. The van der Waals surface area contributed by atoms with Crippen molar-refractivity contribution in [3.8, 4) is 0 Å². The molecule has 0 atom stereocenters. The molecule has 1 aromatic carbocycles. The molecule has 0 aliphatic carbocycles. The summed E-state index contributed by atoms with van der Waals surface area (Å²) in [7, 11) is 0. The van der Waals surface area contributed by atoms with Crippen molar-refractivity contribution in [2.24, 2.45) is 5.92 Å². The SMILES string of the molecule is Cc1ccc(CCC2CCN(C(=O)CCCCl)CC2)cc1. The van der Waals surface area contributed by atoms with E-state index < -0.39 is 0 Å². The lowest BCUT2D eigenvalue weighted by atomic mass is 9.90. The van der Waals surface area contributed by atoms with Crippen molar-refractivity contribution < 1.29 is 4.79 Å². The fraction of sp³-hybridized carbons (Fsp3) is 0.611. The summed E-state index contributed by atoms with van der Waals surface area (Å²) in [6.45, 7) is 3.99. The Morgan fingerprint density at radius 2 is 1.90 bits per heavy atom. The first-order chi connectivity index (χ1) is 10.2. The summed E-state index contributed by atoms with van der Waals surface area (Å²) in [6, 6.07) is 8.85. The Balaban J connectivity index is 1.69. The topological polar surface area (TPSA) is 20.3 Å². The number of aryl methyl sites for hydroxylation is 2. The summed E-state index contributed by atoms with van der Waals surface area (Å²) in [6.07, 6.45) is 6.11. The molecule has 0 unspecified atom stereocenters. The first-order valence-electron chi connectivity index (χ1n) is 8.08. The van der Waals surface area contributed by atoms with E-state index in [1.807, 2.05) is 4.90 Å². The average molecular weight is 308 g/mol. The third-order valence-corrected chi connectivity index (χ3v) is 4.72. The molecule has 116 valence electrons. The number of benzene rings is 1. The van der Waals surface area contributed by atoms with Gasteiger partial charge in [-0.3, -0.25) is 4.79 Å². The molecule has 2 nitrogen and oxygen atoms in total. The predicted octanol–water partition coefficient (Wildman–Crippen LogP) is 4.19. The van der Waals surface area contributed by atoms with Gasteiger partial charge in [0.1, 0.15) is 0 Å². The summed E-state index contributed by atoms with van der Waals surface area (Å²) < 4.78 is 0. The predicted molar refractivity (Wildman–Crippen MR) is 88.8 cm³/mol. The lowest BCUT2D eigenvalue weighted by Crippen LogP contribution is -2.38. The number of rotatable bonds is 6. The van der Waals surface area contributed by atoms with Crippen molar-refractivity contribution in [3.63, 3.8) is 0 Å². The van der Waals surface area contributed by atoms with Crippen LogP contribution in [0.4, 0.5) is 0 Å². The number of carbonyl (C=O) groups is 1. The van der Waals surface area contributed by atoms with Gasteiger partial charge in [0.15, 0.2) is 0 Å². The Hall–Kier alpha value is -1.02. The van der Waals surface area contributed by atoms with Crippen molar-refractivity contribution in [3.05, 3.63) is 35.4 Å². The van der Waals surface area contributed by atoms with Gasteiger partial charge < -0.3 is 4.90 Å². The molecule has 1 fully saturated rings. The lowest BCUT2D eigenvalue weighted by molar-refractivity contribution is -0.132. The van der Waals surface area contributed by atoms with Gasteiger partial charge in [-0.15, -0.1) is 11.6 Å². The first-order valence-corrected chi connectivity index (χ1v) is 8.62. The van der Waals surface area contributed by atoms with Gasteiger partial charge in [0.25, 0.3) is 0 Å². The van der Waals surface area contributed by atoms with Gasteiger partial charge in [-0.2, -0.15) is 0 Å². The molecule has 0 radical (unpaired) electrons. The highest BCUT2D eigenvalue weighted by atomic mass is 35.5. The maximum Gasteiger partial charge on any atom is 0.222 e. The van der Waals surface area contributed by atoms with Crippen molar-refractivity contribution in [1.29, 1.82) is 0 Å². The number of likely N-dealkylation sites (tertiary alicyclic amines) is 1. The van der Waals surface area contributed by atoms with Crippen molar-refractivity contribution in [1.82, 2.24) is 4.90 Å². The summed E-state index contributed by atoms with van der Waals surface area (Å²) in [5.41, 5.74) is 2.75. The molecule has 1 aromatic rings. The largest absolute Gasteiger partial charge is 0.343 e. The van der Waals surface area contributed by atoms with Crippen molar-refractivity contribution in [2.45, 2.75) is 45.4 Å². The molecule has 0 aromatic heterocycles. The molecular weight excluding hydrogens is 282 g/mol. The monoisotopic (exact) mass is 307 g/mol. The number of halogens is 1. The van der Waals surface area contributed by atoms with Crippen LogP contribution >= 0.6 is 11.6 Å². The highest BCUT2D eigenvalue weighted by Gasteiger charge is 2.22. The maximum atomic E-state index is 11.9. The van der Waals surface area contributed by atoms with E-state index in [0.29, 0.717) is 12.3 Å². The zero-order valence-corrected chi connectivity index (χ0v) is 13.7. The summed E-state index contributed by atoms with van der Waals surface area (Å²) in [4.78, 5) is 14.0. The van der Waals surface area contributed by atoms with Gasteiger partial charge in [0.05, 0.1) is 0 Å². The number of amides is 1. The number of piperidine rings is 1. The minimum Gasteiger partial charge on any atom is -0.343 e. The quantitative estimate of drug-likeness (QED) is 0.722. The molecule has 3 heteroatoms. The van der Waals surface area contributed by atoms with Crippen LogP contribution in [-0.2, 0) is 11.2 Å². The van der Waals surface area contributed by atoms with Crippen LogP contribution in [-0.4, -0.2) is 29.8 Å². The third-order valence-electron chi connectivity index (χ3n) is 4.45. The second kappa shape index (κ2) is 8.43. The lowest BCUT2D eigenvalue weighted by Gasteiger charge is -2.32. The molecule has 1 aliphatic heterocycles. The number of hydrogen-bond acceptors (Lipinski definition) is 1. The third kappa shape index (κ3) is 5.35. The molecular formula is C18H26ClNO. The van der Waals surface area contributed by atoms with Gasteiger partial charge in [0, 0.05) is 25.4 Å². The molecule has 1 aliphatic rings. The van der Waals surface area contributed by atoms with Gasteiger partial charge in [-0.25, -0.2) is 0 Å². The Morgan fingerprint density at radius 1 is 1.24 bits per heavy atom. The molecule has 0 saturated carbocycles. The highest BCUT2D eigenvalue weighted by Crippen LogP contribution is 2.23. The van der Waals surface area contributed by atoms with E-state index >= 15 is 0 Å². The second-order valence-corrected chi connectivity index (χ2v) is 6.52. The zero-order valence-electron chi connectivity index (χ0n) is 13.0. The average Bonchev–Trinajstić information content (AvgIpc) is 2.52. The van der Waals surface area contributed by atoms with Crippen LogP contribution in [0.1, 0.15) is 43.2 Å². The van der Waals surface area contributed by atoms with E-state index in [0.717, 1.165) is 44.7 Å².